The van der Waals surface area contributed by atoms with Gasteiger partial charge in [0.25, 0.3) is 7.42 Å². The SMILES string of the molecule is C/C=C/C=C/[Si](Cl)Cl. The Balaban J connectivity index is 3.34. The lowest BCUT2D eigenvalue weighted by molar-refractivity contribution is 1.74. The summed E-state index contributed by atoms with van der Waals surface area (Å²) in [6.45, 7) is 1.94. The van der Waals surface area contributed by atoms with Crippen molar-refractivity contribution in [3.05, 3.63) is 23.9 Å². The molecule has 0 N–H and O–H groups in total. The molecule has 0 aromatic carbocycles. The third kappa shape index (κ3) is 6.28. The zero-order valence-corrected chi connectivity index (χ0v) is 7.08. The Morgan fingerprint density at radius 3 is 2.25 bits per heavy atom. The van der Waals surface area contributed by atoms with Gasteiger partial charge in [0, 0.05) is 0 Å². The van der Waals surface area contributed by atoms with E-state index in [0.29, 0.717) is 0 Å². The van der Waals surface area contributed by atoms with Gasteiger partial charge in [-0.25, -0.2) is 0 Å². The predicted octanol–water partition coefficient (Wildman–Crippen LogP) is 2.62. The molecule has 0 aliphatic heterocycles. The van der Waals surface area contributed by atoms with Gasteiger partial charge in [0.15, 0.2) is 0 Å². The average molecular weight is 166 g/mol. The van der Waals surface area contributed by atoms with Gasteiger partial charge in [0.2, 0.25) is 0 Å². The van der Waals surface area contributed by atoms with Gasteiger partial charge < -0.3 is 0 Å². The molecule has 0 aliphatic rings. The van der Waals surface area contributed by atoms with Gasteiger partial charge in [0.05, 0.1) is 0 Å². The summed E-state index contributed by atoms with van der Waals surface area (Å²) in [5, 5.41) is 0. The maximum absolute atomic E-state index is 5.46. The molecule has 0 aliphatic carbocycles. The van der Waals surface area contributed by atoms with Crippen LogP contribution in [0.5, 0.6) is 0 Å². The first-order chi connectivity index (χ1) is 3.77. The molecule has 0 heterocycles. The van der Waals surface area contributed by atoms with Crippen LogP contribution in [0.3, 0.4) is 0 Å². The van der Waals surface area contributed by atoms with Crippen molar-refractivity contribution in [2.45, 2.75) is 6.92 Å². The molecule has 0 spiro atoms. The first kappa shape index (κ1) is 8.28. The van der Waals surface area contributed by atoms with Crippen molar-refractivity contribution in [1.82, 2.24) is 0 Å². The zero-order chi connectivity index (χ0) is 6.41. The van der Waals surface area contributed by atoms with Gasteiger partial charge in [-0.1, -0.05) is 23.9 Å². The third-order valence-electron chi connectivity index (χ3n) is 0.526. The molecule has 0 fully saturated rings. The fourth-order valence-corrected chi connectivity index (χ4v) is 0.932. The molecule has 1 radical (unpaired) electrons. The van der Waals surface area contributed by atoms with Gasteiger partial charge in [-0.3, -0.25) is 0 Å². The molecular weight excluding hydrogens is 159 g/mol. The Kier molecular flexibility index (Phi) is 5.60. The maximum atomic E-state index is 5.46. The van der Waals surface area contributed by atoms with Crippen LogP contribution in [-0.2, 0) is 0 Å². The maximum Gasteiger partial charge on any atom is 0.299 e. The Morgan fingerprint density at radius 1 is 1.25 bits per heavy atom. The van der Waals surface area contributed by atoms with E-state index in [9.17, 15) is 0 Å². The Labute approximate surface area is 60.8 Å². The second kappa shape index (κ2) is 5.41. The van der Waals surface area contributed by atoms with Crippen molar-refractivity contribution in [2.24, 2.45) is 0 Å². The Bertz CT molecular complexity index is 96.6. The summed E-state index contributed by atoms with van der Waals surface area (Å²) in [5.74, 6) is 0. The van der Waals surface area contributed by atoms with Crippen molar-refractivity contribution >= 4 is 29.6 Å². The highest BCUT2D eigenvalue weighted by atomic mass is 35.7. The van der Waals surface area contributed by atoms with Crippen LogP contribution in [0.15, 0.2) is 23.9 Å². The zero-order valence-electron chi connectivity index (χ0n) is 4.57. The molecule has 0 bridgehead atoms. The van der Waals surface area contributed by atoms with E-state index in [4.69, 9.17) is 22.2 Å². The predicted molar refractivity (Wildman–Crippen MR) is 41.4 cm³/mol. The molecule has 0 atom stereocenters. The van der Waals surface area contributed by atoms with E-state index in [-0.39, 0.29) is 0 Å². The first-order valence-electron chi connectivity index (χ1n) is 2.24. The van der Waals surface area contributed by atoms with E-state index in [2.05, 4.69) is 0 Å². The lowest BCUT2D eigenvalue weighted by Crippen LogP contribution is -1.81. The van der Waals surface area contributed by atoms with E-state index in [0.717, 1.165) is 0 Å². The van der Waals surface area contributed by atoms with Crippen LogP contribution >= 0.6 is 22.2 Å². The Hall–Kier alpha value is 0.277. The van der Waals surface area contributed by atoms with E-state index in [1.54, 1.807) is 5.70 Å². The summed E-state index contributed by atoms with van der Waals surface area (Å²) in [6.07, 6.45) is 5.68. The van der Waals surface area contributed by atoms with E-state index in [1.807, 2.05) is 25.2 Å². The summed E-state index contributed by atoms with van der Waals surface area (Å²) >= 11 is 10.9. The summed E-state index contributed by atoms with van der Waals surface area (Å²) in [6, 6.07) is 0. The van der Waals surface area contributed by atoms with Crippen molar-refractivity contribution < 1.29 is 0 Å². The molecule has 45 valence electrons. The van der Waals surface area contributed by atoms with Gasteiger partial charge in [-0.15, -0.1) is 22.2 Å². The van der Waals surface area contributed by atoms with E-state index in [1.165, 1.54) is 0 Å². The molecule has 0 unspecified atom stereocenters. The average Bonchev–Trinajstić information content (AvgIpc) is 1.66. The molecule has 3 heteroatoms. The standard InChI is InChI=1S/C5H7Cl2Si/c1-2-3-4-5-8(6)7/h2-5H,1H3/b3-2+,5-4+. The number of hydrogen-bond donors (Lipinski definition) is 0. The molecular formula is C5H7Cl2Si. The minimum absolute atomic E-state index is 1.19. The fraction of sp³-hybridized carbons (Fsp3) is 0.200. The van der Waals surface area contributed by atoms with Crippen molar-refractivity contribution in [3.8, 4) is 0 Å². The van der Waals surface area contributed by atoms with Crippen molar-refractivity contribution in [3.63, 3.8) is 0 Å². The number of rotatable bonds is 2. The highest BCUT2D eigenvalue weighted by Crippen LogP contribution is 1.96. The molecule has 0 amide bonds. The molecule has 0 rings (SSSR count). The number of allylic oxidation sites excluding steroid dienone is 3. The summed E-state index contributed by atoms with van der Waals surface area (Å²) in [5.41, 5.74) is 1.80. The van der Waals surface area contributed by atoms with Crippen LogP contribution in [0.2, 0.25) is 0 Å². The molecule has 0 saturated carbocycles. The van der Waals surface area contributed by atoms with Crippen LogP contribution in [-0.4, -0.2) is 7.42 Å². The van der Waals surface area contributed by atoms with Gasteiger partial charge in [-0.2, -0.15) is 0 Å². The smallest absolute Gasteiger partial charge is 0.141 e. The van der Waals surface area contributed by atoms with Crippen LogP contribution in [0.4, 0.5) is 0 Å². The topological polar surface area (TPSA) is 0 Å². The molecule has 0 saturated heterocycles. The molecule has 8 heavy (non-hydrogen) atoms. The monoisotopic (exact) mass is 165 g/mol. The second-order valence-corrected chi connectivity index (χ2v) is 5.11. The normalized spacial score (nSPS) is 12.5. The Morgan fingerprint density at radius 2 is 1.88 bits per heavy atom. The lowest BCUT2D eigenvalue weighted by Gasteiger charge is -1.78. The van der Waals surface area contributed by atoms with E-state index >= 15 is 0 Å². The van der Waals surface area contributed by atoms with Crippen LogP contribution < -0.4 is 0 Å². The minimum Gasteiger partial charge on any atom is -0.141 e. The third-order valence-corrected chi connectivity index (χ3v) is 1.73. The fourth-order valence-electron chi connectivity index (χ4n) is 0.239. The van der Waals surface area contributed by atoms with Crippen LogP contribution in [0.25, 0.3) is 0 Å². The van der Waals surface area contributed by atoms with Gasteiger partial charge in [-0.05, 0) is 6.92 Å². The minimum atomic E-state index is -1.19. The van der Waals surface area contributed by atoms with Crippen LogP contribution in [0.1, 0.15) is 6.92 Å². The van der Waals surface area contributed by atoms with Gasteiger partial charge >= 0.3 is 0 Å². The quantitative estimate of drug-likeness (QED) is 0.336. The summed E-state index contributed by atoms with van der Waals surface area (Å²) in [7, 11) is -1.19. The van der Waals surface area contributed by atoms with Crippen LogP contribution in [0, 0.1) is 0 Å². The lowest BCUT2D eigenvalue weighted by atomic mass is 10.5. The van der Waals surface area contributed by atoms with Gasteiger partial charge in [0.1, 0.15) is 0 Å². The van der Waals surface area contributed by atoms with Crippen molar-refractivity contribution in [2.75, 3.05) is 0 Å². The first-order valence-corrected chi connectivity index (χ1v) is 5.85. The number of hydrogen-bond acceptors (Lipinski definition) is 0. The summed E-state index contributed by atoms with van der Waals surface area (Å²) < 4.78 is 0. The highest BCUT2D eigenvalue weighted by molar-refractivity contribution is 7.36. The molecule has 0 aromatic heterocycles. The van der Waals surface area contributed by atoms with Crippen molar-refractivity contribution in [1.29, 1.82) is 0 Å². The largest absolute Gasteiger partial charge is 0.299 e. The summed E-state index contributed by atoms with van der Waals surface area (Å²) in [4.78, 5) is 0. The molecule has 0 aromatic rings. The number of halogens is 2. The van der Waals surface area contributed by atoms with E-state index < -0.39 is 7.42 Å². The second-order valence-electron chi connectivity index (χ2n) is 1.17. The molecule has 0 nitrogen and oxygen atoms in total. The highest BCUT2D eigenvalue weighted by Gasteiger charge is 1.91.